The number of anilines is 3. The predicted octanol–water partition coefficient (Wildman–Crippen LogP) is 2.38. The molecule has 1 fully saturated rings. The molecule has 0 spiro atoms. The van der Waals surface area contributed by atoms with Crippen molar-refractivity contribution in [1.82, 2.24) is 15.3 Å². The molecular formula is C19H19FN6O2. The fraction of sp³-hybridized carbons (Fsp3) is 0.316. The van der Waals surface area contributed by atoms with Gasteiger partial charge >= 0.3 is 0 Å². The molecule has 8 nitrogen and oxygen atoms in total. The highest BCUT2D eigenvalue weighted by Gasteiger charge is 2.46. The number of nitrogens with one attached hydrogen (secondary N) is 2. The molecule has 1 aliphatic rings. The molecule has 1 aliphatic heterocycles. The lowest BCUT2D eigenvalue weighted by Gasteiger charge is -2.19. The van der Waals surface area contributed by atoms with Crippen LogP contribution in [0.15, 0.2) is 30.5 Å². The molecule has 144 valence electrons. The molecule has 0 unspecified atom stereocenters. The Hall–Kier alpha value is -3.54. The van der Waals surface area contributed by atoms with Gasteiger partial charge in [-0.2, -0.15) is 10.2 Å². The zero-order chi connectivity index (χ0) is 20.3. The molecule has 2 heterocycles. The zero-order valence-electron chi connectivity index (χ0n) is 15.5. The lowest BCUT2D eigenvalue weighted by Crippen LogP contribution is -2.33. The maximum absolute atomic E-state index is 14.3. The summed E-state index contributed by atoms with van der Waals surface area (Å²) in [6, 6.07) is 7.68. The summed E-state index contributed by atoms with van der Waals surface area (Å²) in [4.78, 5) is 34.0. The maximum Gasteiger partial charge on any atom is 0.251 e. The van der Waals surface area contributed by atoms with Crippen molar-refractivity contribution in [2.75, 3.05) is 23.8 Å². The summed E-state index contributed by atoms with van der Waals surface area (Å²) in [5.41, 5.74) is -0.742. The highest BCUT2D eigenvalue weighted by atomic mass is 19.1. The number of benzene rings is 1. The second-order valence-corrected chi connectivity index (χ2v) is 6.39. The Labute approximate surface area is 161 Å². The van der Waals surface area contributed by atoms with Crippen molar-refractivity contribution >= 4 is 29.3 Å². The molecule has 2 aromatic rings. The fourth-order valence-corrected chi connectivity index (χ4v) is 3.08. The third-order valence-electron chi connectivity index (χ3n) is 4.86. The van der Waals surface area contributed by atoms with Crippen LogP contribution in [-0.2, 0) is 4.79 Å². The van der Waals surface area contributed by atoms with Gasteiger partial charge in [0, 0.05) is 25.4 Å². The number of amides is 2. The molecule has 0 radical (unpaired) electrons. The standard InChI is InChI=1S/C19H19FN6O2/c1-3-19(11-21)7-9-26(17(19)28)15-6-8-23-18(25-15)24-14-5-4-12(10-13(14)20)16(27)22-2/h4-6,8,10H,3,7,9H2,1-2H3,(H,22,27)(H,23,24,25)/t19-/m1/s1. The average molecular weight is 382 g/mol. The molecule has 3 rings (SSSR count). The number of hydrogen-bond acceptors (Lipinski definition) is 6. The van der Waals surface area contributed by atoms with Crippen molar-refractivity contribution < 1.29 is 14.0 Å². The third-order valence-corrected chi connectivity index (χ3v) is 4.86. The van der Waals surface area contributed by atoms with Gasteiger partial charge in [-0.3, -0.25) is 14.5 Å². The van der Waals surface area contributed by atoms with Gasteiger partial charge in [-0.05, 0) is 37.1 Å². The Morgan fingerprint density at radius 3 is 2.82 bits per heavy atom. The number of carbonyl (C=O) groups excluding carboxylic acids is 2. The van der Waals surface area contributed by atoms with Crippen molar-refractivity contribution in [1.29, 1.82) is 5.26 Å². The average Bonchev–Trinajstić information content (AvgIpc) is 3.05. The molecule has 2 amide bonds. The van der Waals surface area contributed by atoms with Crippen LogP contribution in [0.4, 0.5) is 21.8 Å². The molecule has 1 atom stereocenters. The van der Waals surface area contributed by atoms with Gasteiger partial charge in [-0.1, -0.05) is 6.92 Å². The topological polar surface area (TPSA) is 111 Å². The molecular weight excluding hydrogens is 363 g/mol. The summed E-state index contributed by atoms with van der Waals surface area (Å²) in [6.07, 6.45) is 2.31. The smallest absolute Gasteiger partial charge is 0.251 e. The van der Waals surface area contributed by atoms with E-state index in [1.54, 1.807) is 6.07 Å². The Kier molecular flexibility index (Phi) is 5.22. The first-order chi connectivity index (χ1) is 13.4. The summed E-state index contributed by atoms with van der Waals surface area (Å²) in [7, 11) is 1.46. The highest BCUT2D eigenvalue weighted by Crippen LogP contribution is 2.36. The van der Waals surface area contributed by atoms with Gasteiger partial charge in [0.15, 0.2) is 0 Å². The van der Waals surface area contributed by atoms with Gasteiger partial charge in [-0.15, -0.1) is 0 Å². The molecule has 28 heavy (non-hydrogen) atoms. The van der Waals surface area contributed by atoms with E-state index in [9.17, 15) is 19.2 Å². The normalized spacial score (nSPS) is 18.6. The first kappa shape index (κ1) is 19.2. The van der Waals surface area contributed by atoms with E-state index in [0.29, 0.717) is 25.2 Å². The summed E-state index contributed by atoms with van der Waals surface area (Å²) in [6.45, 7) is 2.19. The molecule has 2 N–H and O–H groups in total. The number of halogens is 1. The summed E-state index contributed by atoms with van der Waals surface area (Å²) in [5.74, 6) is -0.878. The Morgan fingerprint density at radius 1 is 1.43 bits per heavy atom. The van der Waals surface area contributed by atoms with Crippen molar-refractivity contribution in [2.45, 2.75) is 19.8 Å². The zero-order valence-corrected chi connectivity index (χ0v) is 15.5. The SMILES string of the molecule is CC[C@]1(C#N)CCN(c2ccnc(Nc3ccc(C(=O)NC)cc3F)n2)C1=O. The molecule has 9 heteroatoms. The van der Waals surface area contributed by atoms with E-state index in [1.165, 1.54) is 30.3 Å². The molecule has 1 aromatic carbocycles. The second kappa shape index (κ2) is 7.60. The van der Waals surface area contributed by atoms with Crippen LogP contribution in [0.3, 0.4) is 0 Å². The highest BCUT2D eigenvalue weighted by molar-refractivity contribution is 6.01. The molecule has 0 bridgehead atoms. The number of nitrogens with zero attached hydrogens (tertiary/aromatic N) is 4. The predicted molar refractivity (Wildman–Crippen MR) is 100 cm³/mol. The summed E-state index contributed by atoms with van der Waals surface area (Å²) in [5, 5.41) is 14.6. The maximum atomic E-state index is 14.3. The van der Waals surface area contributed by atoms with Crippen molar-refractivity contribution in [3.63, 3.8) is 0 Å². The van der Waals surface area contributed by atoms with E-state index in [1.807, 2.05) is 6.92 Å². The van der Waals surface area contributed by atoms with Gasteiger partial charge in [0.25, 0.3) is 5.91 Å². The second-order valence-electron chi connectivity index (χ2n) is 6.39. The molecule has 1 aromatic heterocycles. The van der Waals surface area contributed by atoms with Crippen LogP contribution < -0.4 is 15.5 Å². The minimum absolute atomic E-state index is 0.0949. The minimum Gasteiger partial charge on any atom is -0.355 e. The Morgan fingerprint density at radius 2 is 2.21 bits per heavy atom. The van der Waals surface area contributed by atoms with Gasteiger partial charge in [0.1, 0.15) is 17.1 Å². The minimum atomic E-state index is -1.03. The number of rotatable bonds is 5. The third kappa shape index (κ3) is 3.36. The first-order valence-electron chi connectivity index (χ1n) is 8.79. The largest absolute Gasteiger partial charge is 0.355 e. The van der Waals surface area contributed by atoms with Crippen molar-refractivity contribution in [2.24, 2.45) is 5.41 Å². The van der Waals surface area contributed by atoms with Crippen molar-refractivity contribution in [3.8, 4) is 6.07 Å². The van der Waals surface area contributed by atoms with Gasteiger partial charge in [-0.25, -0.2) is 9.37 Å². The van der Waals surface area contributed by atoms with Gasteiger partial charge in [0.2, 0.25) is 11.9 Å². The lowest BCUT2D eigenvalue weighted by atomic mass is 9.85. The van der Waals surface area contributed by atoms with E-state index in [0.717, 1.165) is 6.07 Å². The summed E-state index contributed by atoms with van der Waals surface area (Å²) >= 11 is 0. The molecule has 1 saturated heterocycles. The lowest BCUT2D eigenvalue weighted by molar-refractivity contribution is -0.123. The number of nitriles is 1. The van der Waals surface area contributed by atoms with Gasteiger partial charge in [0.05, 0.1) is 11.8 Å². The number of aromatic nitrogens is 2. The fourth-order valence-electron chi connectivity index (χ4n) is 3.08. The summed E-state index contributed by atoms with van der Waals surface area (Å²) < 4.78 is 14.3. The Bertz CT molecular complexity index is 973. The van der Waals surface area contributed by atoms with Crippen LogP contribution in [0.1, 0.15) is 30.1 Å². The van der Waals surface area contributed by atoms with E-state index < -0.39 is 17.1 Å². The van der Waals surface area contributed by atoms with Crippen LogP contribution in [0.2, 0.25) is 0 Å². The van der Waals surface area contributed by atoms with E-state index in [-0.39, 0.29) is 23.1 Å². The number of hydrogen-bond donors (Lipinski definition) is 2. The van der Waals surface area contributed by atoms with Crippen molar-refractivity contribution in [3.05, 3.63) is 41.8 Å². The first-order valence-corrected chi connectivity index (χ1v) is 8.79. The molecule has 0 aliphatic carbocycles. The van der Waals surface area contributed by atoms with Crippen LogP contribution in [0.5, 0.6) is 0 Å². The van der Waals surface area contributed by atoms with Gasteiger partial charge < -0.3 is 10.6 Å². The Balaban J connectivity index is 1.83. The van der Waals surface area contributed by atoms with Crippen LogP contribution >= 0.6 is 0 Å². The van der Waals surface area contributed by atoms with Crippen LogP contribution in [0.25, 0.3) is 0 Å². The van der Waals surface area contributed by atoms with E-state index in [2.05, 4.69) is 26.7 Å². The van der Waals surface area contributed by atoms with E-state index in [4.69, 9.17) is 0 Å². The quantitative estimate of drug-likeness (QED) is 0.821. The number of carbonyl (C=O) groups is 2. The van der Waals surface area contributed by atoms with Crippen LogP contribution in [0, 0.1) is 22.6 Å². The van der Waals surface area contributed by atoms with Crippen LogP contribution in [-0.4, -0.2) is 35.4 Å². The molecule has 0 saturated carbocycles. The monoisotopic (exact) mass is 382 g/mol. The van der Waals surface area contributed by atoms with E-state index >= 15 is 0 Å².